The lowest BCUT2D eigenvalue weighted by atomic mass is 10.1. The largest absolute Gasteiger partial charge is 0.379 e. The van der Waals surface area contributed by atoms with Crippen LogP contribution in [0, 0.1) is 0 Å². The van der Waals surface area contributed by atoms with Gasteiger partial charge in [0.05, 0.1) is 32.7 Å². The third kappa shape index (κ3) is 13.2. The number of halogens is 1. The Morgan fingerprint density at radius 1 is 1.06 bits per heavy atom. The van der Waals surface area contributed by atoms with Gasteiger partial charge in [0.1, 0.15) is 0 Å². The Morgan fingerprint density at radius 3 is 2.29 bits per heavy atom. The summed E-state index contributed by atoms with van der Waals surface area (Å²) in [6, 6.07) is 5.88. The van der Waals surface area contributed by atoms with Crippen LogP contribution < -0.4 is 4.90 Å². The van der Waals surface area contributed by atoms with Crippen molar-refractivity contribution >= 4 is 49.0 Å². The van der Waals surface area contributed by atoms with E-state index in [0.29, 0.717) is 32.2 Å². The molecule has 0 unspecified atom stereocenters. The standard InChI is InChI=1S/C21H36ClNO5S3/c1-6-8-26-10-11-27-9-7-23(17-21(2,3)30-29-4)20-13-18(15-22)12-19(14-20)16-28-31(5,24)25/h12-14H,6-11,15-17H2,1-5H3. The molecule has 0 N–H and O–H groups in total. The van der Waals surface area contributed by atoms with Crippen LogP contribution in [-0.2, 0) is 36.3 Å². The van der Waals surface area contributed by atoms with E-state index in [2.05, 4.69) is 31.9 Å². The summed E-state index contributed by atoms with van der Waals surface area (Å²) < 4.78 is 39.1. The van der Waals surface area contributed by atoms with Gasteiger partial charge in [-0.05, 0) is 49.8 Å². The number of benzene rings is 1. The molecule has 0 amide bonds. The first kappa shape index (κ1) is 28.9. The van der Waals surface area contributed by atoms with Gasteiger partial charge >= 0.3 is 0 Å². The van der Waals surface area contributed by atoms with E-state index in [9.17, 15) is 8.42 Å². The molecule has 10 heteroatoms. The molecule has 31 heavy (non-hydrogen) atoms. The van der Waals surface area contributed by atoms with Crippen LogP contribution in [0.4, 0.5) is 5.69 Å². The van der Waals surface area contributed by atoms with Crippen LogP contribution in [-0.4, -0.2) is 65.2 Å². The van der Waals surface area contributed by atoms with Crippen molar-refractivity contribution in [3.63, 3.8) is 0 Å². The van der Waals surface area contributed by atoms with E-state index < -0.39 is 10.1 Å². The van der Waals surface area contributed by atoms with Crippen LogP contribution in [0.5, 0.6) is 0 Å². The van der Waals surface area contributed by atoms with Crippen molar-refractivity contribution in [2.75, 3.05) is 56.9 Å². The van der Waals surface area contributed by atoms with Crippen molar-refractivity contribution in [3.05, 3.63) is 29.3 Å². The average molecular weight is 514 g/mol. The van der Waals surface area contributed by atoms with E-state index in [1.54, 1.807) is 10.8 Å². The Kier molecular flexibility index (Phi) is 13.9. The molecule has 0 aliphatic carbocycles. The molecule has 0 heterocycles. The summed E-state index contributed by atoms with van der Waals surface area (Å²) >= 11 is 6.11. The minimum atomic E-state index is -3.52. The fourth-order valence-corrected chi connectivity index (χ4v) is 5.59. The molecule has 180 valence electrons. The Morgan fingerprint density at radius 2 is 1.71 bits per heavy atom. The van der Waals surface area contributed by atoms with Gasteiger partial charge in [-0.15, -0.1) is 11.6 Å². The van der Waals surface area contributed by atoms with E-state index in [4.69, 9.17) is 25.3 Å². The van der Waals surface area contributed by atoms with Gasteiger partial charge in [-0.2, -0.15) is 8.42 Å². The van der Waals surface area contributed by atoms with Gasteiger partial charge in [-0.25, -0.2) is 0 Å². The molecule has 1 rings (SSSR count). The lowest BCUT2D eigenvalue weighted by molar-refractivity contribution is 0.0505. The summed E-state index contributed by atoms with van der Waals surface area (Å²) in [6.45, 7) is 10.4. The molecule has 1 aromatic rings. The van der Waals surface area contributed by atoms with Gasteiger partial charge in [0.15, 0.2) is 0 Å². The van der Waals surface area contributed by atoms with E-state index in [1.807, 2.05) is 29.0 Å². The van der Waals surface area contributed by atoms with E-state index >= 15 is 0 Å². The van der Waals surface area contributed by atoms with Gasteiger partial charge in [0.25, 0.3) is 10.1 Å². The van der Waals surface area contributed by atoms with Gasteiger partial charge in [0, 0.05) is 36.0 Å². The first-order chi connectivity index (χ1) is 14.6. The summed E-state index contributed by atoms with van der Waals surface area (Å²) in [5.41, 5.74) is 2.67. The SMILES string of the molecule is CCCOCCOCCN(CC(C)(C)SSC)c1cc(CCl)cc(COS(C)(=O)=O)c1. The molecule has 0 radical (unpaired) electrons. The zero-order valence-electron chi connectivity index (χ0n) is 19.2. The third-order valence-electron chi connectivity index (χ3n) is 4.10. The number of alkyl halides is 1. The number of nitrogens with zero attached hydrogens (tertiary/aromatic N) is 1. The number of hydrogen-bond acceptors (Lipinski definition) is 8. The Hall–Kier alpha value is -0.160. The summed E-state index contributed by atoms with van der Waals surface area (Å²) in [5.74, 6) is 0.335. The first-order valence-electron chi connectivity index (χ1n) is 10.3. The molecular weight excluding hydrogens is 478 g/mol. The maximum Gasteiger partial charge on any atom is 0.264 e. The third-order valence-corrected chi connectivity index (χ3v) is 7.56. The topological polar surface area (TPSA) is 65.1 Å². The molecule has 0 aliphatic rings. The van der Waals surface area contributed by atoms with Gasteiger partial charge in [-0.3, -0.25) is 4.18 Å². The zero-order chi connectivity index (χ0) is 23.3. The smallest absolute Gasteiger partial charge is 0.264 e. The Labute approximate surface area is 201 Å². The summed E-state index contributed by atoms with van der Waals surface area (Å²) in [4.78, 5) is 2.26. The van der Waals surface area contributed by atoms with Gasteiger partial charge < -0.3 is 14.4 Å². The first-order valence-corrected chi connectivity index (χ1v) is 15.2. The highest BCUT2D eigenvalue weighted by Crippen LogP contribution is 2.35. The maximum absolute atomic E-state index is 11.4. The fourth-order valence-electron chi connectivity index (χ4n) is 2.91. The number of anilines is 1. The number of rotatable bonds is 17. The highest BCUT2D eigenvalue weighted by molar-refractivity contribution is 8.77. The predicted molar refractivity (Wildman–Crippen MR) is 135 cm³/mol. The van der Waals surface area contributed by atoms with Crippen molar-refractivity contribution in [2.24, 2.45) is 0 Å². The second-order valence-corrected chi connectivity index (χ2v) is 12.8. The molecule has 0 atom stereocenters. The minimum absolute atomic E-state index is 0.00401. The van der Waals surface area contributed by atoms with Crippen LogP contribution in [0.25, 0.3) is 0 Å². The van der Waals surface area contributed by atoms with E-state index in [1.165, 1.54) is 0 Å². The van der Waals surface area contributed by atoms with Crippen molar-refractivity contribution < 1.29 is 22.1 Å². The maximum atomic E-state index is 11.4. The highest BCUT2D eigenvalue weighted by Gasteiger charge is 2.23. The normalized spacial score (nSPS) is 12.3. The molecule has 0 saturated heterocycles. The lowest BCUT2D eigenvalue weighted by Gasteiger charge is -2.33. The lowest BCUT2D eigenvalue weighted by Crippen LogP contribution is -2.38. The molecule has 0 aliphatic heterocycles. The van der Waals surface area contributed by atoms with Crippen molar-refractivity contribution in [1.29, 1.82) is 0 Å². The molecule has 0 spiro atoms. The second-order valence-electron chi connectivity index (χ2n) is 7.76. The van der Waals surface area contributed by atoms with Crippen molar-refractivity contribution in [2.45, 2.75) is 44.4 Å². The minimum Gasteiger partial charge on any atom is -0.379 e. The molecule has 0 fully saturated rings. The van der Waals surface area contributed by atoms with Gasteiger partial charge in [-0.1, -0.05) is 34.6 Å². The molecule has 0 bridgehead atoms. The number of hydrogen-bond donors (Lipinski definition) is 0. The average Bonchev–Trinajstić information content (AvgIpc) is 2.69. The van der Waals surface area contributed by atoms with Crippen LogP contribution in [0.1, 0.15) is 38.3 Å². The Bertz CT molecular complexity index is 747. The number of ether oxygens (including phenoxy) is 2. The highest BCUT2D eigenvalue weighted by atomic mass is 35.5. The predicted octanol–water partition coefficient (Wildman–Crippen LogP) is 4.94. The summed E-state index contributed by atoms with van der Waals surface area (Å²) in [7, 11) is 0.0396. The molecular formula is C21H36ClNO5S3. The van der Waals surface area contributed by atoms with Crippen LogP contribution >= 0.6 is 33.2 Å². The molecule has 0 saturated carbocycles. The molecule has 1 aromatic carbocycles. The van der Waals surface area contributed by atoms with Crippen LogP contribution in [0.15, 0.2) is 18.2 Å². The second kappa shape index (κ2) is 14.9. The quantitative estimate of drug-likeness (QED) is 0.125. The van der Waals surface area contributed by atoms with E-state index in [-0.39, 0.29) is 11.4 Å². The summed E-state index contributed by atoms with van der Waals surface area (Å²) in [6.07, 6.45) is 4.12. The monoisotopic (exact) mass is 513 g/mol. The molecule has 0 aromatic heterocycles. The van der Waals surface area contributed by atoms with Crippen LogP contribution in [0.3, 0.4) is 0 Å². The summed E-state index contributed by atoms with van der Waals surface area (Å²) in [5, 5.41) is 0. The van der Waals surface area contributed by atoms with E-state index in [0.717, 1.165) is 42.6 Å². The van der Waals surface area contributed by atoms with Crippen molar-refractivity contribution in [1.82, 2.24) is 0 Å². The zero-order valence-corrected chi connectivity index (χ0v) is 22.4. The van der Waals surface area contributed by atoms with Gasteiger partial charge in [0.2, 0.25) is 0 Å². The Balaban J connectivity index is 2.95. The molecule has 6 nitrogen and oxygen atoms in total. The van der Waals surface area contributed by atoms with Crippen molar-refractivity contribution in [3.8, 4) is 0 Å². The van der Waals surface area contributed by atoms with Crippen LogP contribution in [0.2, 0.25) is 0 Å². The fraction of sp³-hybridized carbons (Fsp3) is 0.714.